The van der Waals surface area contributed by atoms with Crippen LogP contribution in [0.1, 0.15) is 5.56 Å². The maximum atomic E-state index is 11.8. The van der Waals surface area contributed by atoms with Gasteiger partial charge < -0.3 is 5.11 Å². The molecule has 2 heterocycles. The van der Waals surface area contributed by atoms with Crippen molar-refractivity contribution in [3.63, 3.8) is 0 Å². The Hall–Kier alpha value is -1.80. The minimum absolute atomic E-state index is 0.0663. The predicted octanol–water partition coefficient (Wildman–Crippen LogP) is 2.84. The number of hydrogen-bond donors (Lipinski definition) is 2. The first-order valence-corrected chi connectivity index (χ1v) is 6.40. The first-order chi connectivity index (χ1) is 9.04. The third-order valence-corrected chi connectivity index (χ3v) is 3.31. The Morgan fingerprint density at radius 3 is 2.95 bits per heavy atom. The van der Waals surface area contributed by atoms with Crippen LogP contribution in [0.25, 0.3) is 6.08 Å². The average molecular weight is 341 g/mol. The highest BCUT2D eigenvalue weighted by Crippen LogP contribution is 2.27. The number of hydrogen-bond acceptors (Lipinski definition) is 5. The molecule has 0 saturated carbocycles. The molecule has 0 atom stereocenters. The molecule has 6 nitrogen and oxygen atoms in total. The van der Waals surface area contributed by atoms with Crippen LogP contribution < -0.4 is 5.56 Å². The summed E-state index contributed by atoms with van der Waals surface area (Å²) in [5, 5.41) is 17.6. The van der Waals surface area contributed by atoms with Crippen LogP contribution in [0, 0.1) is 4.77 Å². The first-order valence-electron chi connectivity index (χ1n) is 5.20. The number of azo groups is 1. The summed E-state index contributed by atoms with van der Waals surface area (Å²) in [6.45, 7) is 3.86. The fourth-order valence-electron chi connectivity index (χ4n) is 1.49. The molecule has 0 spiro atoms. The van der Waals surface area contributed by atoms with Gasteiger partial charge in [0.05, 0.1) is 10.7 Å². The maximum Gasteiger partial charge on any atom is 0.262 e. The van der Waals surface area contributed by atoms with Crippen molar-refractivity contribution in [1.82, 2.24) is 9.55 Å². The molecule has 19 heavy (non-hydrogen) atoms. The van der Waals surface area contributed by atoms with Crippen LogP contribution in [0.2, 0.25) is 0 Å². The molecule has 1 aromatic rings. The normalized spacial score (nSPS) is 15.8. The van der Waals surface area contributed by atoms with Gasteiger partial charge in [0.2, 0.25) is 5.88 Å². The molecule has 0 radical (unpaired) electrons. The topological polar surface area (TPSA) is 82.7 Å². The van der Waals surface area contributed by atoms with Crippen molar-refractivity contribution in [2.45, 2.75) is 6.54 Å². The van der Waals surface area contributed by atoms with Crippen LogP contribution >= 0.6 is 28.1 Å². The summed E-state index contributed by atoms with van der Waals surface area (Å²) >= 11 is 8.22. The van der Waals surface area contributed by atoms with Crippen LogP contribution in [0.3, 0.4) is 0 Å². The molecule has 2 rings (SSSR count). The molecule has 1 aliphatic heterocycles. The van der Waals surface area contributed by atoms with E-state index in [1.54, 1.807) is 6.08 Å². The van der Waals surface area contributed by atoms with E-state index in [1.165, 1.54) is 16.8 Å². The third kappa shape index (κ3) is 2.64. The van der Waals surface area contributed by atoms with Crippen molar-refractivity contribution in [2.75, 3.05) is 0 Å². The summed E-state index contributed by atoms with van der Waals surface area (Å²) < 4.78 is 2.12. The molecule has 0 saturated heterocycles. The van der Waals surface area contributed by atoms with Gasteiger partial charge in [-0.1, -0.05) is 6.08 Å². The molecule has 0 amide bonds. The minimum Gasteiger partial charge on any atom is -0.494 e. The number of aromatic amines is 1. The number of H-pyrrole nitrogens is 1. The number of aromatic hydroxyl groups is 1. The summed E-state index contributed by atoms with van der Waals surface area (Å²) in [4.78, 5) is 14.3. The lowest BCUT2D eigenvalue weighted by Gasteiger charge is -2.08. The van der Waals surface area contributed by atoms with E-state index in [2.05, 4.69) is 37.7 Å². The Bertz CT molecular complexity index is 742. The van der Waals surface area contributed by atoms with E-state index in [1.807, 2.05) is 0 Å². The van der Waals surface area contributed by atoms with Crippen LogP contribution in [0.4, 0.5) is 0 Å². The van der Waals surface area contributed by atoms with Gasteiger partial charge >= 0.3 is 0 Å². The van der Waals surface area contributed by atoms with E-state index in [0.717, 1.165) is 0 Å². The lowest BCUT2D eigenvalue weighted by molar-refractivity contribution is 0.412. The van der Waals surface area contributed by atoms with Crippen molar-refractivity contribution in [3.8, 4) is 5.88 Å². The fourth-order valence-corrected chi connectivity index (χ4v) is 2.03. The fraction of sp³-hybridized carbons (Fsp3) is 0.0909. The monoisotopic (exact) mass is 340 g/mol. The number of rotatable bonds is 3. The van der Waals surface area contributed by atoms with Crippen molar-refractivity contribution < 1.29 is 5.11 Å². The Morgan fingerprint density at radius 2 is 2.37 bits per heavy atom. The van der Waals surface area contributed by atoms with Crippen LogP contribution in [-0.2, 0) is 6.54 Å². The van der Waals surface area contributed by atoms with Gasteiger partial charge in [0.15, 0.2) is 4.77 Å². The van der Waals surface area contributed by atoms with Crippen molar-refractivity contribution >= 4 is 34.2 Å². The quantitative estimate of drug-likeness (QED) is 0.655. The molecule has 0 unspecified atom stereocenters. The standard InChI is InChI=1S/C11H9BrN4O2S/c1-2-3-16-10(18)6(9(17)14-11(16)19)4-8-7(12)5-13-15-8/h2,4-5,18H,1,3H2,(H,14,17,19). The molecular weight excluding hydrogens is 332 g/mol. The Labute approximate surface area is 121 Å². The van der Waals surface area contributed by atoms with E-state index in [-0.39, 0.29) is 22.8 Å². The van der Waals surface area contributed by atoms with Gasteiger partial charge in [0.25, 0.3) is 5.56 Å². The summed E-state index contributed by atoms with van der Waals surface area (Å²) in [5.74, 6) is -0.233. The lowest BCUT2D eigenvalue weighted by Crippen LogP contribution is -2.16. The Kier molecular flexibility index (Phi) is 3.91. The van der Waals surface area contributed by atoms with Crippen molar-refractivity contribution in [1.29, 1.82) is 0 Å². The van der Waals surface area contributed by atoms with E-state index < -0.39 is 5.56 Å². The Morgan fingerprint density at radius 1 is 1.63 bits per heavy atom. The highest BCUT2D eigenvalue weighted by atomic mass is 79.9. The van der Waals surface area contributed by atoms with Gasteiger partial charge in [-0.15, -0.1) is 11.7 Å². The molecule has 0 fully saturated rings. The molecule has 0 aliphatic carbocycles. The maximum absolute atomic E-state index is 11.8. The zero-order valence-electron chi connectivity index (χ0n) is 9.63. The molecular formula is C11H9BrN4O2S. The average Bonchev–Trinajstić information content (AvgIpc) is 2.76. The summed E-state index contributed by atoms with van der Waals surface area (Å²) in [6, 6.07) is 0. The minimum atomic E-state index is -0.488. The lowest BCUT2D eigenvalue weighted by atomic mass is 10.2. The second-order valence-electron chi connectivity index (χ2n) is 3.62. The molecule has 0 bridgehead atoms. The first kappa shape index (κ1) is 13.6. The molecule has 98 valence electrons. The second kappa shape index (κ2) is 5.45. The summed E-state index contributed by atoms with van der Waals surface area (Å²) in [7, 11) is 0. The Balaban J connectivity index is 2.65. The smallest absolute Gasteiger partial charge is 0.262 e. The number of nitrogens with one attached hydrogen (secondary N) is 1. The van der Waals surface area contributed by atoms with E-state index >= 15 is 0 Å². The number of nitrogens with zero attached hydrogens (tertiary/aromatic N) is 3. The molecule has 1 aliphatic rings. The van der Waals surface area contributed by atoms with Gasteiger partial charge in [-0.3, -0.25) is 14.3 Å². The van der Waals surface area contributed by atoms with Crippen LogP contribution in [-0.4, -0.2) is 14.7 Å². The van der Waals surface area contributed by atoms with E-state index in [0.29, 0.717) is 10.2 Å². The zero-order valence-corrected chi connectivity index (χ0v) is 12.0. The van der Waals surface area contributed by atoms with Crippen LogP contribution in [0.5, 0.6) is 5.88 Å². The van der Waals surface area contributed by atoms with Gasteiger partial charge in [0.1, 0.15) is 11.3 Å². The third-order valence-electron chi connectivity index (χ3n) is 2.38. The zero-order chi connectivity index (χ0) is 14.0. The molecule has 1 aromatic heterocycles. The number of allylic oxidation sites excluding steroid dienone is 2. The molecule has 2 N–H and O–H groups in total. The highest BCUT2D eigenvalue weighted by molar-refractivity contribution is 9.12. The highest BCUT2D eigenvalue weighted by Gasteiger charge is 2.13. The number of halogens is 1. The van der Waals surface area contributed by atoms with Gasteiger partial charge in [0, 0.05) is 6.54 Å². The van der Waals surface area contributed by atoms with E-state index in [4.69, 9.17) is 12.2 Å². The largest absolute Gasteiger partial charge is 0.494 e. The molecule has 0 aromatic carbocycles. The van der Waals surface area contributed by atoms with Crippen molar-refractivity contribution in [3.05, 3.63) is 49.7 Å². The summed E-state index contributed by atoms with van der Waals surface area (Å²) in [5.41, 5.74) is 0.0254. The summed E-state index contributed by atoms with van der Waals surface area (Å²) in [6.07, 6.45) is 4.49. The van der Waals surface area contributed by atoms with Gasteiger partial charge in [-0.05, 0) is 34.2 Å². The van der Waals surface area contributed by atoms with E-state index in [9.17, 15) is 9.90 Å². The molecule has 8 heteroatoms. The number of aromatic nitrogens is 2. The predicted molar refractivity (Wildman–Crippen MR) is 77.6 cm³/mol. The van der Waals surface area contributed by atoms with Crippen LogP contribution in [0.15, 0.2) is 44.1 Å². The van der Waals surface area contributed by atoms with Crippen molar-refractivity contribution in [2.24, 2.45) is 10.2 Å². The van der Waals surface area contributed by atoms with Gasteiger partial charge in [-0.2, -0.15) is 5.11 Å². The second-order valence-corrected chi connectivity index (χ2v) is 4.86. The van der Waals surface area contributed by atoms with Gasteiger partial charge in [-0.25, -0.2) is 0 Å². The SMILES string of the molecule is C=CCn1c(O)c(C=C2N=NC=C2Br)c(=O)[nH]c1=S.